The Bertz CT molecular complexity index is 357. The van der Waals surface area contributed by atoms with Gasteiger partial charge in [0.15, 0.2) is 0 Å². The number of aromatic nitrogens is 1. The zero-order valence-electron chi connectivity index (χ0n) is 9.50. The molecule has 1 fully saturated rings. The van der Waals surface area contributed by atoms with E-state index in [2.05, 4.69) is 16.8 Å². The molecular formula is C12H18N2O2. The van der Waals surface area contributed by atoms with Gasteiger partial charge in [-0.3, -0.25) is 0 Å². The minimum Gasteiger partial charge on any atom is -0.392 e. The molecule has 4 nitrogen and oxygen atoms in total. The van der Waals surface area contributed by atoms with Gasteiger partial charge in [0.1, 0.15) is 5.82 Å². The monoisotopic (exact) mass is 222 g/mol. The third-order valence-corrected chi connectivity index (χ3v) is 3.24. The number of aliphatic hydroxyl groups is 2. The third-order valence-electron chi connectivity index (χ3n) is 3.24. The number of nitrogens with zero attached hydrogens (tertiary/aromatic N) is 2. The maximum absolute atomic E-state index is 9.82. The summed E-state index contributed by atoms with van der Waals surface area (Å²) in [6.45, 7) is 3.64. The standard InChI is InChI=1S/C12H18N2O2/c1-9-3-5-14(7-11(9)16)12-6-10(8-15)2-4-13-12/h2,4,6,9,11,15-16H,3,5,7-8H2,1H3. The number of β-amino-alcohol motifs (C(OH)–C–C–N with tert-alkyl or cyclic N) is 1. The second-order valence-electron chi connectivity index (χ2n) is 4.46. The molecule has 88 valence electrons. The van der Waals surface area contributed by atoms with Crippen LogP contribution in [0.5, 0.6) is 0 Å². The van der Waals surface area contributed by atoms with Crippen molar-refractivity contribution in [1.82, 2.24) is 4.98 Å². The lowest BCUT2D eigenvalue weighted by Crippen LogP contribution is -2.43. The molecule has 0 radical (unpaired) electrons. The fourth-order valence-electron chi connectivity index (χ4n) is 1.99. The predicted octanol–water partition coefficient (Wildman–Crippen LogP) is 0.781. The Morgan fingerprint density at radius 2 is 2.38 bits per heavy atom. The van der Waals surface area contributed by atoms with E-state index < -0.39 is 0 Å². The van der Waals surface area contributed by atoms with Crippen LogP contribution in [0, 0.1) is 5.92 Å². The molecule has 16 heavy (non-hydrogen) atoms. The van der Waals surface area contributed by atoms with Crippen molar-refractivity contribution in [2.75, 3.05) is 18.0 Å². The van der Waals surface area contributed by atoms with Gasteiger partial charge in [-0.05, 0) is 30.0 Å². The zero-order valence-corrected chi connectivity index (χ0v) is 9.50. The summed E-state index contributed by atoms with van der Waals surface area (Å²) in [6.07, 6.45) is 2.39. The van der Waals surface area contributed by atoms with E-state index in [0.717, 1.165) is 24.3 Å². The molecule has 0 aliphatic carbocycles. The first kappa shape index (κ1) is 11.4. The fraction of sp³-hybridized carbons (Fsp3) is 0.583. The van der Waals surface area contributed by atoms with Crippen molar-refractivity contribution >= 4 is 5.82 Å². The summed E-state index contributed by atoms with van der Waals surface area (Å²) in [6, 6.07) is 3.68. The van der Waals surface area contributed by atoms with Gasteiger partial charge in [0.25, 0.3) is 0 Å². The van der Waals surface area contributed by atoms with Gasteiger partial charge in [-0.1, -0.05) is 6.92 Å². The number of pyridine rings is 1. The maximum atomic E-state index is 9.82. The third kappa shape index (κ3) is 2.33. The average molecular weight is 222 g/mol. The second kappa shape index (κ2) is 4.80. The first-order valence-corrected chi connectivity index (χ1v) is 5.69. The molecule has 1 aliphatic heterocycles. The smallest absolute Gasteiger partial charge is 0.128 e. The molecule has 2 N–H and O–H groups in total. The number of rotatable bonds is 2. The summed E-state index contributed by atoms with van der Waals surface area (Å²) < 4.78 is 0. The van der Waals surface area contributed by atoms with Crippen molar-refractivity contribution in [3.63, 3.8) is 0 Å². The fourth-order valence-corrected chi connectivity index (χ4v) is 1.99. The van der Waals surface area contributed by atoms with Crippen LogP contribution < -0.4 is 4.90 Å². The summed E-state index contributed by atoms with van der Waals surface area (Å²) in [5.41, 5.74) is 0.859. The molecule has 2 rings (SSSR count). The van der Waals surface area contributed by atoms with Crippen molar-refractivity contribution in [3.05, 3.63) is 23.9 Å². The van der Waals surface area contributed by atoms with Crippen molar-refractivity contribution in [3.8, 4) is 0 Å². The van der Waals surface area contributed by atoms with Crippen molar-refractivity contribution in [2.24, 2.45) is 5.92 Å². The molecule has 1 saturated heterocycles. The van der Waals surface area contributed by atoms with E-state index >= 15 is 0 Å². The zero-order chi connectivity index (χ0) is 11.5. The number of aliphatic hydroxyl groups excluding tert-OH is 2. The molecule has 1 aromatic rings. The Labute approximate surface area is 95.5 Å². The Morgan fingerprint density at radius 3 is 3.06 bits per heavy atom. The molecule has 1 aromatic heterocycles. The lowest BCUT2D eigenvalue weighted by Gasteiger charge is -2.35. The highest BCUT2D eigenvalue weighted by Gasteiger charge is 2.24. The lowest BCUT2D eigenvalue weighted by atomic mass is 9.96. The first-order chi connectivity index (χ1) is 7.70. The van der Waals surface area contributed by atoms with Crippen LogP contribution in [0.2, 0.25) is 0 Å². The SMILES string of the molecule is CC1CCN(c2cc(CO)ccn2)CC1O. The number of piperidine rings is 1. The number of hydrogen-bond acceptors (Lipinski definition) is 4. The molecule has 2 unspecified atom stereocenters. The molecule has 2 heterocycles. The summed E-state index contributed by atoms with van der Waals surface area (Å²) in [5.74, 6) is 1.20. The minimum absolute atomic E-state index is 0.0301. The van der Waals surface area contributed by atoms with Gasteiger partial charge < -0.3 is 15.1 Å². The van der Waals surface area contributed by atoms with Crippen molar-refractivity contribution in [1.29, 1.82) is 0 Å². The van der Waals surface area contributed by atoms with Crippen molar-refractivity contribution < 1.29 is 10.2 Å². The van der Waals surface area contributed by atoms with E-state index in [0.29, 0.717) is 12.5 Å². The van der Waals surface area contributed by atoms with Gasteiger partial charge >= 0.3 is 0 Å². The van der Waals surface area contributed by atoms with Crippen LogP contribution in [-0.4, -0.2) is 34.4 Å². The van der Waals surface area contributed by atoms with Gasteiger partial charge in [0.2, 0.25) is 0 Å². The number of anilines is 1. The van der Waals surface area contributed by atoms with E-state index in [4.69, 9.17) is 5.11 Å². The molecule has 1 aliphatic rings. The van der Waals surface area contributed by atoms with Crippen LogP contribution in [0.1, 0.15) is 18.9 Å². The van der Waals surface area contributed by atoms with Crippen LogP contribution in [0.15, 0.2) is 18.3 Å². The molecule has 0 bridgehead atoms. The topological polar surface area (TPSA) is 56.6 Å². The summed E-state index contributed by atoms with van der Waals surface area (Å²) in [4.78, 5) is 6.35. The largest absolute Gasteiger partial charge is 0.392 e. The van der Waals surface area contributed by atoms with Gasteiger partial charge in [-0.15, -0.1) is 0 Å². The normalized spacial score (nSPS) is 25.8. The van der Waals surface area contributed by atoms with E-state index in [1.807, 2.05) is 6.07 Å². The molecule has 0 aromatic carbocycles. The molecular weight excluding hydrogens is 204 g/mol. The van der Waals surface area contributed by atoms with Crippen LogP contribution in [0.4, 0.5) is 5.82 Å². The van der Waals surface area contributed by atoms with Crippen LogP contribution >= 0.6 is 0 Å². The first-order valence-electron chi connectivity index (χ1n) is 5.69. The van der Waals surface area contributed by atoms with Gasteiger partial charge in [0.05, 0.1) is 12.7 Å². The molecule has 0 spiro atoms. The van der Waals surface area contributed by atoms with Crippen LogP contribution in [-0.2, 0) is 6.61 Å². The van der Waals surface area contributed by atoms with Gasteiger partial charge in [-0.2, -0.15) is 0 Å². The average Bonchev–Trinajstić information content (AvgIpc) is 2.33. The van der Waals surface area contributed by atoms with E-state index in [9.17, 15) is 5.11 Å². The highest BCUT2D eigenvalue weighted by molar-refractivity contribution is 5.41. The summed E-state index contributed by atoms with van der Waals surface area (Å²) >= 11 is 0. The second-order valence-corrected chi connectivity index (χ2v) is 4.46. The van der Waals surface area contributed by atoms with Crippen molar-refractivity contribution in [2.45, 2.75) is 26.1 Å². The maximum Gasteiger partial charge on any atom is 0.128 e. The Balaban J connectivity index is 2.12. The molecule has 2 atom stereocenters. The summed E-state index contributed by atoms with van der Waals surface area (Å²) in [5, 5.41) is 18.9. The Morgan fingerprint density at radius 1 is 1.56 bits per heavy atom. The molecule has 0 saturated carbocycles. The van der Waals surface area contributed by atoms with Crippen LogP contribution in [0.3, 0.4) is 0 Å². The lowest BCUT2D eigenvalue weighted by molar-refractivity contribution is 0.102. The van der Waals surface area contributed by atoms with Crippen LogP contribution in [0.25, 0.3) is 0 Å². The van der Waals surface area contributed by atoms with E-state index in [1.165, 1.54) is 0 Å². The highest BCUT2D eigenvalue weighted by atomic mass is 16.3. The molecule has 4 heteroatoms. The minimum atomic E-state index is -0.284. The Hall–Kier alpha value is -1.13. The highest BCUT2D eigenvalue weighted by Crippen LogP contribution is 2.22. The summed E-state index contributed by atoms with van der Waals surface area (Å²) in [7, 11) is 0. The Kier molecular flexibility index (Phi) is 3.41. The predicted molar refractivity (Wildman–Crippen MR) is 62.2 cm³/mol. The van der Waals surface area contributed by atoms with E-state index in [-0.39, 0.29) is 12.7 Å². The quantitative estimate of drug-likeness (QED) is 0.776. The van der Waals surface area contributed by atoms with Gasteiger partial charge in [-0.25, -0.2) is 4.98 Å². The van der Waals surface area contributed by atoms with E-state index in [1.54, 1.807) is 12.3 Å². The molecule has 0 amide bonds. The number of hydrogen-bond donors (Lipinski definition) is 2. The van der Waals surface area contributed by atoms with Gasteiger partial charge in [0, 0.05) is 19.3 Å².